The molecular weight excluding hydrogens is 357 g/mol. The molecule has 0 aliphatic heterocycles. The minimum Gasteiger partial charge on any atom is -0.453 e. The Hall–Kier alpha value is -2.11. The van der Waals surface area contributed by atoms with Crippen LogP contribution in [-0.4, -0.2) is 17.6 Å². The normalized spacial score (nSPS) is 13.2. The molecule has 3 N–H and O–H groups in total. The van der Waals surface area contributed by atoms with E-state index in [1.165, 1.54) is 0 Å². The predicted octanol–water partition coefficient (Wildman–Crippen LogP) is 4.64. The van der Waals surface area contributed by atoms with E-state index in [1.807, 2.05) is 13.0 Å². The number of halogens is 2. The largest absolute Gasteiger partial charge is 0.453 e. The SMILES string of the molecule is C[C@@H](CC(N)=O)C[C@H](CCO)c1ccc(Cl)c(Oc2ccccc2)c1F. The Kier molecular flexibility index (Phi) is 7.42. The Balaban J connectivity index is 2.31. The fourth-order valence-electron chi connectivity index (χ4n) is 3.03. The molecule has 2 aromatic rings. The van der Waals surface area contributed by atoms with Crippen LogP contribution in [0.4, 0.5) is 4.39 Å². The minimum absolute atomic E-state index is 0.0300. The van der Waals surface area contributed by atoms with E-state index in [0.717, 1.165) is 0 Å². The van der Waals surface area contributed by atoms with Crippen molar-refractivity contribution in [3.05, 3.63) is 58.9 Å². The molecule has 0 unspecified atom stereocenters. The van der Waals surface area contributed by atoms with Crippen LogP contribution in [0.3, 0.4) is 0 Å². The van der Waals surface area contributed by atoms with Crippen LogP contribution in [0.1, 0.15) is 37.7 Å². The van der Waals surface area contributed by atoms with Gasteiger partial charge in [-0.1, -0.05) is 42.8 Å². The van der Waals surface area contributed by atoms with Gasteiger partial charge in [-0.2, -0.15) is 0 Å². The second-order valence-corrected chi connectivity index (χ2v) is 6.82. The molecule has 2 rings (SSSR count). The third kappa shape index (κ3) is 5.44. The number of carbonyl (C=O) groups is 1. The van der Waals surface area contributed by atoms with Crippen LogP contribution in [-0.2, 0) is 4.79 Å². The highest BCUT2D eigenvalue weighted by Crippen LogP contribution is 2.39. The standard InChI is InChI=1S/C20H23ClFNO3/c1-13(12-18(23)25)11-14(9-10-24)16-7-8-17(21)20(19(16)22)26-15-5-3-2-4-6-15/h2-8,13-14,24H,9-12H2,1H3,(H2,23,25)/t13-,14+/m1/s1. The number of ether oxygens (including phenoxy) is 1. The molecule has 0 bridgehead atoms. The highest BCUT2D eigenvalue weighted by atomic mass is 35.5. The number of rotatable bonds is 9. The van der Waals surface area contributed by atoms with Crippen molar-refractivity contribution in [2.24, 2.45) is 11.7 Å². The van der Waals surface area contributed by atoms with E-state index in [0.29, 0.717) is 24.2 Å². The van der Waals surface area contributed by atoms with Crippen molar-refractivity contribution in [3.8, 4) is 11.5 Å². The summed E-state index contributed by atoms with van der Waals surface area (Å²) in [6, 6.07) is 12.0. The summed E-state index contributed by atoms with van der Waals surface area (Å²) >= 11 is 6.13. The number of carbonyl (C=O) groups excluding carboxylic acids is 1. The molecule has 0 aliphatic rings. The lowest BCUT2D eigenvalue weighted by molar-refractivity contribution is -0.118. The molecule has 6 heteroatoms. The maximum atomic E-state index is 15.1. The quantitative estimate of drug-likeness (QED) is 0.666. The molecule has 2 aromatic carbocycles. The monoisotopic (exact) mass is 379 g/mol. The average Bonchev–Trinajstić information content (AvgIpc) is 2.58. The van der Waals surface area contributed by atoms with Crippen LogP contribution in [0, 0.1) is 11.7 Å². The molecule has 2 atom stereocenters. The summed E-state index contributed by atoms with van der Waals surface area (Å²) in [6.45, 7) is 1.79. The highest BCUT2D eigenvalue weighted by Gasteiger charge is 2.23. The molecule has 0 heterocycles. The van der Waals surface area contributed by atoms with Crippen LogP contribution in [0.2, 0.25) is 5.02 Å². The van der Waals surface area contributed by atoms with Gasteiger partial charge in [-0.05, 0) is 48.4 Å². The van der Waals surface area contributed by atoms with E-state index in [9.17, 15) is 9.90 Å². The molecular formula is C20H23ClFNO3. The number of aliphatic hydroxyl groups is 1. The summed E-state index contributed by atoms with van der Waals surface area (Å²) in [4.78, 5) is 11.1. The summed E-state index contributed by atoms with van der Waals surface area (Å²) in [5, 5.41) is 9.54. The maximum absolute atomic E-state index is 15.1. The molecule has 0 radical (unpaired) electrons. The fraction of sp³-hybridized carbons (Fsp3) is 0.350. The first kappa shape index (κ1) is 20.2. The minimum atomic E-state index is -0.550. The Morgan fingerprint density at radius 1 is 1.27 bits per heavy atom. The smallest absolute Gasteiger partial charge is 0.217 e. The number of nitrogens with two attached hydrogens (primary N) is 1. The first-order valence-electron chi connectivity index (χ1n) is 8.52. The maximum Gasteiger partial charge on any atom is 0.217 e. The lowest BCUT2D eigenvalue weighted by Gasteiger charge is -2.22. The van der Waals surface area contributed by atoms with Gasteiger partial charge in [0.2, 0.25) is 5.91 Å². The van der Waals surface area contributed by atoms with Gasteiger partial charge in [0, 0.05) is 13.0 Å². The van der Waals surface area contributed by atoms with Gasteiger partial charge in [0.15, 0.2) is 11.6 Å². The molecule has 1 amide bonds. The molecule has 0 saturated carbocycles. The molecule has 140 valence electrons. The van der Waals surface area contributed by atoms with E-state index in [4.69, 9.17) is 22.1 Å². The highest BCUT2D eigenvalue weighted by molar-refractivity contribution is 6.32. The average molecular weight is 380 g/mol. The Bertz CT molecular complexity index is 739. The predicted molar refractivity (Wildman–Crippen MR) is 100.0 cm³/mol. The van der Waals surface area contributed by atoms with Crippen molar-refractivity contribution in [2.45, 2.75) is 32.1 Å². The number of primary amides is 1. The van der Waals surface area contributed by atoms with Gasteiger partial charge in [0.25, 0.3) is 0 Å². The number of amides is 1. The van der Waals surface area contributed by atoms with Gasteiger partial charge in [0.1, 0.15) is 5.75 Å². The molecule has 4 nitrogen and oxygen atoms in total. The van der Waals surface area contributed by atoms with Gasteiger partial charge < -0.3 is 15.6 Å². The third-order valence-corrected chi connectivity index (χ3v) is 4.49. The van der Waals surface area contributed by atoms with Crippen LogP contribution in [0.15, 0.2) is 42.5 Å². The van der Waals surface area contributed by atoms with Crippen LogP contribution in [0.5, 0.6) is 11.5 Å². The topological polar surface area (TPSA) is 72.6 Å². The Morgan fingerprint density at radius 2 is 1.96 bits per heavy atom. The van der Waals surface area contributed by atoms with Crippen molar-refractivity contribution in [3.63, 3.8) is 0 Å². The van der Waals surface area contributed by atoms with Crippen molar-refractivity contribution in [1.29, 1.82) is 0 Å². The van der Waals surface area contributed by atoms with Gasteiger partial charge in [0.05, 0.1) is 5.02 Å². The van der Waals surface area contributed by atoms with Crippen molar-refractivity contribution >= 4 is 17.5 Å². The van der Waals surface area contributed by atoms with E-state index in [-0.39, 0.29) is 35.6 Å². The Labute approximate surface area is 157 Å². The number of para-hydroxylation sites is 1. The summed E-state index contributed by atoms with van der Waals surface area (Å²) in [7, 11) is 0. The van der Waals surface area contributed by atoms with E-state index >= 15 is 4.39 Å². The van der Waals surface area contributed by atoms with Crippen LogP contribution < -0.4 is 10.5 Å². The lowest BCUT2D eigenvalue weighted by atomic mass is 9.85. The molecule has 26 heavy (non-hydrogen) atoms. The number of hydrogen-bond acceptors (Lipinski definition) is 3. The zero-order valence-electron chi connectivity index (χ0n) is 14.6. The van der Waals surface area contributed by atoms with Crippen LogP contribution >= 0.6 is 11.6 Å². The number of hydrogen-bond donors (Lipinski definition) is 2. The van der Waals surface area contributed by atoms with Gasteiger partial charge in [-0.25, -0.2) is 4.39 Å². The fourth-order valence-corrected chi connectivity index (χ4v) is 3.22. The van der Waals surface area contributed by atoms with Gasteiger partial charge in [-0.3, -0.25) is 4.79 Å². The number of aliphatic hydroxyl groups excluding tert-OH is 1. The molecule has 0 fully saturated rings. The summed E-state index contributed by atoms with van der Waals surface area (Å²) in [5.74, 6) is -0.814. The summed E-state index contributed by atoms with van der Waals surface area (Å²) in [6.07, 6.45) is 1.10. The third-order valence-electron chi connectivity index (χ3n) is 4.20. The molecule has 0 aliphatic carbocycles. The summed E-state index contributed by atoms with van der Waals surface area (Å²) < 4.78 is 20.8. The van der Waals surface area contributed by atoms with Crippen molar-refractivity contribution < 1.29 is 19.0 Å². The zero-order valence-corrected chi connectivity index (χ0v) is 15.4. The molecule has 0 spiro atoms. The summed E-state index contributed by atoms with van der Waals surface area (Å²) in [5.41, 5.74) is 5.65. The van der Waals surface area contributed by atoms with E-state index < -0.39 is 11.7 Å². The first-order chi connectivity index (χ1) is 12.4. The van der Waals surface area contributed by atoms with Gasteiger partial charge in [-0.15, -0.1) is 0 Å². The molecule has 0 saturated heterocycles. The second kappa shape index (κ2) is 9.55. The Morgan fingerprint density at radius 3 is 2.58 bits per heavy atom. The van der Waals surface area contributed by atoms with E-state index in [2.05, 4.69) is 0 Å². The van der Waals surface area contributed by atoms with E-state index in [1.54, 1.807) is 36.4 Å². The van der Waals surface area contributed by atoms with Crippen molar-refractivity contribution in [2.75, 3.05) is 6.61 Å². The first-order valence-corrected chi connectivity index (χ1v) is 8.90. The zero-order chi connectivity index (χ0) is 19.1. The van der Waals surface area contributed by atoms with Crippen molar-refractivity contribution in [1.82, 2.24) is 0 Å². The molecule has 0 aromatic heterocycles. The van der Waals surface area contributed by atoms with Gasteiger partial charge >= 0.3 is 0 Å². The number of benzene rings is 2. The lowest BCUT2D eigenvalue weighted by Crippen LogP contribution is -2.17. The van der Waals surface area contributed by atoms with Crippen LogP contribution in [0.25, 0.3) is 0 Å². The second-order valence-electron chi connectivity index (χ2n) is 6.42.